The van der Waals surface area contributed by atoms with Gasteiger partial charge >= 0.3 is 0 Å². The molecule has 0 unspecified atom stereocenters. The van der Waals surface area contributed by atoms with Gasteiger partial charge < -0.3 is 9.74 Å². The van der Waals surface area contributed by atoms with Gasteiger partial charge in [-0.3, -0.25) is 4.79 Å². The van der Waals surface area contributed by atoms with E-state index in [1.54, 1.807) is 30.0 Å². The first-order valence-corrected chi connectivity index (χ1v) is 8.88. The van der Waals surface area contributed by atoms with Crippen LogP contribution in [-0.2, 0) is 16.2 Å². The van der Waals surface area contributed by atoms with Crippen LogP contribution in [0.5, 0.6) is 0 Å². The number of aryl methyl sites for hydroxylation is 1. The molecule has 3 rings (SSSR count). The van der Waals surface area contributed by atoms with Crippen molar-refractivity contribution in [3.63, 3.8) is 0 Å². The van der Waals surface area contributed by atoms with Gasteiger partial charge in [0.15, 0.2) is 6.10 Å². The molecule has 0 saturated heterocycles. The van der Waals surface area contributed by atoms with E-state index in [0.717, 1.165) is 16.8 Å². The molecule has 0 radical (unpaired) electrons. The lowest BCUT2D eigenvalue weighted by Gasteiger charge is -2.24. The topological polar surface area (TPSA) is 41.9 Å². The lowest BCUT2D eigenvalue weighted by Crippen LogP contribution is -2.37. The number of benzene rings is 2. The normalized spacial score (nSPS) is 16.1. The van der Waals surface area contributed by atoms with Crippen LogP contribution < -0.4 is 0 Å². The summed E-state index contributed by atoms with van der Waals surface area (Å²) in [5, 5.41) is 4.22. The van der Waals surface area contributed by atoms with E-state index in [1.165, 1.54) is 6.07 Å². The third kappa shape index (κ3) is 4.10. The maximum absolute atomic E-state index is 14.0. The second kappa shape index (κ2) is 8.13. The Kier molecular flexibility index (Phi) is 5.66. The standard InChI is InChI=1S/C21H23FN2O2/c1-3-21(25)24(13-16-9-5-7-11-19(16)22)14-17-12-20(23-26-17)18-10-6-4-8-15(18)2/h4-11,17H,3,12-14H2,1-2H3/t17-/m0/s1. The van der Waals surface area contributed by atoms with E-state index in [0.29, 0.717) is 24.9 Å². The largest absolute Gasteiger partial charge is 0.390 e. The second-order valence-electron chi connectivity index (χ2n) is 6.50. The first kappa shape index (κ1) is 18.1. The van der Waals surface area contributed by atoms with Crippen LogP contribution in [0.1, 0.15) is 36.5 Å². The second-order valence-corrected chi connectivity index (χ2v) is 6.50. The van der Waals surface area contributed by atoms with Crippen LogP contribution in [0.4, 0.5) is 4.39 Å². The fraction of sp³-hybridized carbons (Fsp3) is 0.333. The molecular weight excluding hydrogens is 331 g/mol. The van der Waals surface area contributed by atoms with E-state index in [-0.39, 0.29) is 24.4 Å². The Balaban J connectivity index is 1.68. The Morgan fingerprint density at radius 2 is 1.96 bits per heavy atom. The van der Waals surface area contributed by atoms with Gasteiger partial charge in [0.2, 0.25) is 5.91 Å². The molecule has 1 aliphatic rings. The van der Waals surface area contributed by atoms with E-state index in [2.05, 4.69) is 5.16 Å². The minimum Gasteiger partial charge on any atom is -0.390 e. The molecule has 0 N–H and O–H groups in total. The Bertz CT molecular complexity index is 819. The predicted molar refractivity (Wildman–Crippen MR) is 99.3 cm³/mol. The molecule has 4 nitrogen and oxygen atoms in total. The summed E-state index contributed by atoms with van der Waals surface area (Å²) >= 11 is 0. The molecule has 0 saturated carbocycles. The van der Waals surface area contributed by atoms with Gasteiger partial charge in [0.05, 0.1) is 12.3 Å². The fourth-order valence-corrected chi connectivity index (χ4v) is 3.14. The molecule has 1 amide bonds. The molecule has 0 aliphatic carbocycles. The van der Waals surface area contributed by atoms with Crippen LogP contribution in [0.15, 0.2) is 53.7 Å². The minimum absolute atomic E-state index is 0.0267. The number of hydrogen-bond acceptors (Lipinski definition) is 3. The Morgan fingerprint density at radius 3 is 2.69 bits per heavy atom. The van der Waals surface area contributed by atoms with Crippen molar-refractivity contribution in [2.75, 3.05) is 6.54 Å². The van der Waals surface area contributed by atoms with Gasteiger partial charge in [0, 0.05) is 30.5 Å². The zero-order chi connectivity index (χ0) is 18.5. The maximum Gasteiger partial charge on any atom is 0.222 e. The van der Waals surface area contributed by atoms with Crippen LogP contribution in [0.2, 0.25) is 0 Å². The lowest BCUT2D eigenvalue weighted by atomic mass is 10.00. The van der Waals surface area contributed by atoms with Gasteiger partial charge in [0.25, 0.3) is 0 Å². The van der Waals surface area contributed by atoms with Gasteiger partial charge in [-0.15, -0.1) is 0 Å². The zero-order valence-electron chi connectivity index (χ0n) is 15.1. The van der Waals surface area contributed by atoms with Crippen LogP contribution >= 0.6 is 0 Å². The molecule has 2 aromatic carbocycles. The van der Waals surface area contributed by atoms with Crippen molar-refractivity contribution >= 4 is 11.6 Å². The van der Waals surface area contributed by atoms with E-state index >= 15 is 0 Å². The van der Waals surface area contributed by atoms with Crippen molar-refractivity contribution in [3.8, 4) is 0 Å². The summed E-state index contributed by atoms with van der Waals surface area (Å²) in [7, 11) is 0. The smallest absolute Gasteiger partial charge is 0.222 e. The van der Waals surface area contributed by atoms with Crippen molar-refractivity contribution in [1.82, 2.24) is 4.90 Å². The number of amides is 1. The minimum atomic E-state index is -0.300. The Hall–Kier alpha value is -2.69. The lowest BCUT2D eigenvalue weighted by molar-refractivity contribution is -0.133. The number of oxime groups is 1. The molecule has 1 atom stereocenters. The number of nitrogens with zero attached hydrogens (tertiary/aromatic N) is 2. The third-order valence-corrected chi connectivity index (χ3v) is 4.59. The molecule has 1 heterocycles. The first-order valence-electron chi connectivity index (χ1n) is 8.88. The molecule has 0 aromatic heterocycles. The van der Waals surface area contributed by atoms with Crippen molar-refractivity contribution in [3.05, 3.63) is 71.0 Å². The summed E-state index contributed by atoms with van der Waals surface area (Å²) in [5.74, 6) is -0.327. The van der Waals surface area contributed by atoms with Crippen LogP contribution in [0, 0.1) is 12.7 Å². The monoisotopic (exact) mass is 354 g/mol. The van der Waals surface area contributed by atoms with Gasteiger partial charge in [-0.25, -0.2) is 4.39 Å². The average molecular weight is 354 g/mol. The number of carbonyl (C=O) groups is 1. The first-order chi connectivity index (χ1) is 12.6. The Morgan fingerprint density at radius 1 is 1.23 bits per heavy atom. The van der Waals surface area contributed by atoms with Crippen molar-refractivity contribution < 1.29 is 14.0 Å². The quantitative estimate of drug-likeness (QED) is 0.785. The van der Waals surface area contributed by atoms with Crippen molar-refractivity contribution in [1.29, 1.82) is 0 Å². The highest BCUT2D eigenvalue weighted by Crippen LogP contribution is 2.21. The molecule has 0 spiro atoms. The highest BCUT2D eigenvalue weighted by atomic mass is 19.1. The molecular formula is C21H23FN2O2. The van der Waals surface area contributed by atoms with Gasteiger partial charge in [-0.05, 0) is 18.6 Å². The highest BCUT2D eigenvalue weighted by Gasteiger charge is 2.27. The molecule has 0 bridgehead atoms. The SMILES string of the molecule is CCC(=O)N(Cc1ccccc1F)C[C@@H]1CC(c2ccccc2C)=NO1. The van der Waals surface area contributed by atoms with E-state index in [1.807, 2.05) is 31.2 Å². The van der Waals surface area contributed by atoms with E-state index in [4.69, 9.17) is 4.84 Å². The average Bonchev–Trinajstić information content (AvgIpc) is 3.11. The summed E-state index contributed by atoms with van der Waals surface area (Å²) in [6.45, 7) is 4.47. The highest BCUT2D eigenvalue weighted by molar-refractivity contribution is 6.02. The maximum atomic E-state index is 14.0. The van der Waals surface area contributed by atoms with Crippen LogP contribution in [0.3, 0.4) is 0 Å². The molecule has 2 aromatic rings. The van der Waals surface area contributed by atoms with Gasteiger partial charge in [-0.2, -0.15) is 0 Å². The van der Waals surface area contributed by atoms with Crippen molar-refractivity contribution in [2.45, 2.75) is 39.3 Å². The van der Waals surface area contributed by atoms with Gasteiger partial charge in [0.1, 0.15) is 5.82 Å². The predicted octanol–water partition coefficient (Wildman–Crippen LogP) is 4.07. The number of carbonyl (C=O) groups excluding carboxylic acids is 1. The fourth-order valence-electron chi connectivity index (χ4n) is 3.14. The Labute approximate surface area is 153 Å². The number of rotatable bonds is 6. The molecule has 136 valence electrons. The molecule has 26 heavy (non-hydrogen) atoms. The summed E-state index contributed by atoms with van der Waals surface area (Å²) in [5.41, 5.74) is 3.61. The van der Waals surface area contributed by atoms with Gasteiger partial charge in [-0.1, -0.05) is 54.5 Å². The van der Waals surface area contributed by atoms with Crippen molar-refractivity contribution in [2.24, 2.45) is 5.16 Å². The van der Waals surface area contributed by atoms with E-state index in [9.17, 15) is 9.18 Å². The van der Waals surface area contributed by atoms with Crippen LogP contribution in [0.25, 0.3) is 0 Å². The molecule has 1 aliphatic heterocycles. The summed E-state index contributed by atoms with van der Waals surface area (Å²) in [6.07, 6.45) is 0.786. The summed E-state index contributed by atoms with van der Waals surface area (Å²) < 4.78 is 14.0. The summed E-state index contributed by atoms with van der Waals surface area (Å²) in [6, 6.07) is 14.6. The zero-order valence-corrected chi connectivity index (χ0v) is 15.1. The van der Waals surface area contributed by atoms with E-state index < -0.39 is 0 Å². The van der Waals surface area contributed by atoms with Crippen LogP contribution in [-0.4, -0.2) is 29.2 Å². The number of halogens is 1. The molecule has 5 heteroatoms. The summed E-state index contributed by atoms with van der Waals surface area (Å²) in [4.78, 5) is 19.6. The molecule has 0 fully saturated rings. The number of hydrogen-bond donors (Lipinski definition) is 0. The third-order valence-electron chi connectivity index (χ3n) is 4.59.